The minimum atomic E-state index is -3.74. The van der Waals surface area contributed by atoms with Crippen molar-refractivity contribution < 1.29 is 23.1 Å². The van der Waals surface area contributed by atoms with Crippen molar-refractivity contribution in [1.29, 1.82) is 0 Å². The van der Waals surface area contributed by atoms with Gasteiger partial charge in [0.15, 0.2) is 0 Å². The molecule has 0 bridgehead atoms. The molecule has 126 valence electrons. The Morgan fingerprint density at radius 1 is 1.08 bits per heavy atom. The van der Waals surface area contributed by atoms with Gasteiger partial charge in [0, 0.05) is 6.54 Å². The zero-order chi connectivity index (χ0) is 17.2. The van der Waals surface area contributed by atoms with Gasteiger partial charge in [-0.15, -0.1) is 0 Å². The summed E-state index contributed by atoms with van der Waals surface area (Å²) in [6.45, 7) is 0.870. The van der Waals surface area contributed by atoms with Crippen molar-refractivity contribution in [3.63, 3.8) is 0 Å². The molecule has 1 aliphatic heterocycles. The highest BCUT2D eigenvalue weighted by Gasteiger charge is 2.35. The summed E-state index contributed by atoms with van der Waals surface area (Å²) in [5, 5.41) is 8.94. The van der Waals surface area contributed by atoms with Gasteiger partial charge >= 0.3 is 5.97 Å². The number of carboxylic acids is 1. The highest BCUT2D eigenvalue weighted by atomic mass is 32.2. The Balaban J connectivity index is 1.95. The molecular weight excluding hydrogens is 330 g/mol. The van der Waals surface area contributed by atoms with Gasteiger partial charge in [-0.2, -0.15) is 4.31 Å². The first-order chi connectivity index (χ1) is 11.5. The zero-order valence-corrected chi connectivity index (χ0v) is 13.6. The number of rotatable bonds is 4. The average Bonchev–Trinajstić information content (AvgIpc) is 2.62. The summed E-state index contributed by atoms with van der Waals surface area (Å²) >= 11 is 0. The summed E-state index contributed by atoms with van der Waals surface area (Å²) in [5.74, 6) is -1.09. The van der Waals surface area contributed by atoms with Gasteiger partial charge in [0.25, 0.3) is 0 Å². The maximum absolute atomic E-state index is 13.0. The first kappa shape index (κ1) is 16.6. The molecule has 0 saturated carbocycles. The second kappa shape index (κ2) is 6.72. The summed E-state index contributed by atoms with van der Waals surface area (Å²) in [4.78, 5) is 11.0. The first-order valence-corrected chi connectivity index (χ1v) is 8.92. The lowest BCUT2D eigenvalue weighted by molar-refractivity contribution is 0.0321. The molecule has 7 heteroatoms. The van der Waals surface area contributed by atoms with Crippen molar-refractivity contribution in [2.45, 2.75) is 10.9 Å². The number of carbonyl (C=O) groups is 1. The fourth-order valence-electron chi connectivity index (χ4n) is 2.72. The molecule has 1 unspecified atom stereocenters. The van der Waals surface area contributed by atoms with Crippen LogP contribution in [-0.4, -0.2) is 43.6 Å². The minimum absolute atomic E-state index is 0.0514. The zero-order valence-electron chi connectivity index (χ0n) is 12.8. The smallest absolute Gasteiger partial charge is 0.335 e. The molecule has 0 radical (unpaired) electrons. The van der Waals surface area contributed by atoms with E-state index < -0.39 is 22.0 Å². The molecule has 1 aliphatic rings. The number of morpholine rings is 1. The van der Waals surface area contributed by atoms with Crippen LogP contribution < -0.4 is 0 Å². The molecule has 2 aromatic carbocycles. The Morgan fingerprint density at radius 3 is 2.38 bits per heavy atom. The van der Waals surface area contributed by atoms with E-state index in [-0.39, 0.29) is 23.6 Å². The van der Waals surface area contributed by atoms with E-state index in [1.807, 2.05) is 30.3 Å². The molecular formula is C17H17NO5S. The lowest BCUT2D eigenvalue weighted by Gasteiger charge is -2.34. The van der Waals surface area contributed by atoms with Gasteiger partial charge in [-0.3, -0.25) is 0 Å². The van der Waals surface area contributed by atoms with E-state index in [1.165, 1.54) is 28.6 Å². The number of aromatic carboxylic acids is 1. The van der Waals surface area contributed by atoms with Crippen molar-refractivity contribution in [2.75, 3.05) is 19.8 Å². The average molecular weight is 347 g/mol. The third-order valence-corrected chi connectivity index (χ3v) is 5.89. The number of ether oxygens (including phenoxy) is 1. The highest BCUT2D eigenvalue weighted by molar-refractivity contribution is 7.89. The number of nitrogens with zero attached hydrogens (tertiary/aromatic N) is 1. The summed E-state index contributed by atoms with van der Waals surface area (Å²) in [6.07, 6.45) is 0. The SMILES string of the molecule is O=C(O)c1ccc(S(=O)(=O)N2CCOCC2c2ccccc2)cc1. The Bertz CT molecular complexity index is 818. The topological polar surface area (TPSA) is 83.9 Å². The molecule has 0 aliphatic carbocycles. The fourth-order valence-corrected chi connectivity index (χ4v) is 4.30. The minimum Gasteiger partial charge on any atom is -0.478 e. The van der Waals surface area contributed by atoms with E-state index in [2.05, 4.69) is 0 Å². The van der Waals surface area contributed by atoms with Gasteiger partial charge < -0.3 is 9.84 Å². The molecule has 0 amide bonds. The van der Waals surface area contributed by atoms with Gasteiger partial charge in [0.05, 0.1) is 29.7 Å². The van der Waals surface area contributed by atoms with Crippen molar-refractivity contribution in [3.8, 4) is 0 Å². The quantitative estimate of drug-likeness (QED) is 0.916. The number of hydrogen-bond donors (Lipinski definition) is 1. The van der Waals surface area contributed by atoms with Gasteiger partial charge in [-0.25, -0.2) is 13.2 Å². The van der Waals surface area contributed by atoms with Gasteiger partial charge in [0.2, 0.25) is 10.0 Å². The van der Waals surface area contributed by atoms with Crippen LogP contribution in [0.3, 0.4) is 0 Å². The monoisotopic (exact) mass is 347 g/mol. The lowest BCUT2D eigenvalue weighted by Crippen LogP contribution is -2.43. The van der Waals surface area contributed by atoms with Gasteiger partial charge in [-0.1, -0.05) is 30.3 Å². The van der Waals surface area contributed by atoms with E-state index in [0.29, 0.717) is 6.61 Å². The largest absolute Gasteiger partial charge is 0.478 e. The van der Waals surface area contributed by atoms with Crippen LogP contribution in [0.2, 0.25) is 0 Å². The molecule has 1 N–H and O–H groups in total. The second-order valence-electron chi connectivity index (χ2n) is 5.45. The van der Waals surface area contributed by atoms with Crippen LogP contribution >= 0.6 is 0 Å². The molecule has 1 saturated heterocycles. The van der Waals surface area contributed by atoms with E-state index >= 15 is 0 Å². The predicted octanol–water partition coefficient (Wildman–Crippen LogP) is 2.15. The second-order valence-corrected chi connectivity index (χ2v) is 7.34. The molecule has 6 nitrogen and oxygen atoms in total. The summed E-state index contributed by atoms with van der Waals surface area (Å²) in [5.41, 5.74) is 0.915. The normalized spacial score (nSPS) is 19.1. The predicted molar refractivity (Wildman–Crippen MR) is 87.3 cm³/mol. The molecule has 2 aromatic rings. The van der Waals surface area contributed by atoms with Crippen LogP contribution in [-0.2, 0) is 14.8 Å². The molecule has 0 aromatic heterocycles. The standard InChI is InChI=1S/C17H17NO5S/c19-17(20)14-6-8-15(9-7-14)24(21,22)18-10-11-23-12-16(18)13-4-2-1-3-5-13/h1-9,16H,10-12H2,(H,19,20). The van der Waals surface area contributed by atoms with Gasteiger partial charge in [-0.05, 0) is 29.8 Å². The van der Waals surface area contributed by atoms with Crippen LogP contribution in [0.5, 0.6) is 0 Å². The molecule has 0 spiro atoms. The number of carboxylic acid groups (broad SMARTS) is 1. The van der Waals surface area contributed by atoms with E-state index in [1.54, 1.807) is 0 Å². The fraction of sp³-hybridized carbons (Fsp3) is 0.235. The Kier molecular flexibility index (Phi) is 4.66. The third kappa shape index (κ3) is 3.19. The maximum atomic E-state index is 13.0. The molecule has 1 atom stereocenters. The number of benzene rings is 2. The maximum Gasteiger partial charge on any atom is 0.335 e. The van der Waals surface area contributed by atoms with Crippen molar-refractivity contribution in [1.82, 2.24) is 4.31 Å². The van der Waals surface area contributed by atoms with Crippen LogP contribution in [0, 0.1) is 0 Å². The lowest BCUT2D eigenvalue weighted by atomic mass is 10.1. The third-order valence-electron chi connectivity index (χ3n) is 3.97. The Labute approximate surface area is 140 Å². The Hall–Kier alpha value is -2.22. The van der Waals surface area contributed by atoms with Crippen LogP contribution in [0.15, 0.2) is 59.5 Å². The molecule has 1 heterocycles. The molecule has 1 fully saturated rings. The van der Waals surface area contributed by atoms with Crippen LogP contribution in [0.4, 0.5) is 0 Å². The highest BCUT2D eigenvalue weighted by Crippen LogP contribution is 2.30. The van der Waals surface area contributed by atoms with Crippen molar-refractivity contribution in [3.05, 3.63) is 65.7 Å². The van der Waals surface area contributed by atoms with Crippen molar-refractivity contribution in [2.24, 2.45) is 0 Å². The van der Waals surface area contributed by atoms with E-state index in [4.69, 9.17) is 9.84 Å². The molecule has 24 heavy (non-hydrogen) atoms. The van der Waals surface area contributed by atoms with Crippen molar-refractivity contribution >= 4 is 16.0 Å². The Morgan fingerprint density at radius 2 is 1.75 bits per heavy atom. The number of hydrogen-bond acceptors (Lipinski definition) is 4. The van der Waals surface area contributed by atoms with Crippen LogP contribution in [0.1, 0.15) is 22.0 Å². The van der Waals surface area contributed by atoms with Gasteiger partial charge in [0.1, 0.15) is 0 Å². The number of sulfonamides is 1. The summed E-state index contributed by atoms with van der Waals surface area (Å²) in [6, 6.07) is 14.2. The molecule has 3 rings (SSSR count). The first-order valence-electron chi connectivity index (χ1n) is 7.48. The summed E-state index contributed by atoms with van der Waals surface area (Å²) < 4.78 is 32.8. The van der Waals surface area contributed by atoms with Crippen LogP contribution in [0.25, 0.3) is 0 Å². The summed E-state index contributed by atoms with van der Waals surface area (Å²) in [7, 11) is -3.74. The van der Waals surface area contributed by atoms with E-state index in [9.17, 15) is 13.2 Å². The van der Waals surface area contributed by atoms with E-state index in [0.717, 1.165) is 5.56 Å².